The van der Waals surface area contributed by atoms with E-state index in [0.717, 1.165) is 27.1 Å². The zero-order valence-corrected chi connectivity index (χ0v) is 18.5. The molecule has 0 saturated carbocycles. The Bertz CT molecular complexity index is 1370. The number of aromatic nitrogens is 4. The molecule has 0 aliphatic rings. The highest BCUT2D eigenvalue weighted by atomic mass is 32.1. The minimum absolute atomic E-state index is 0.241. The first-order valence-corrected chi connectivity index (χ1v) is 11.2. The fourth-order valence-corrected chi connectivity index (χ4v) is 4.91. The smallest absolute Gasteiger partial charge is 0.268 e. The summed E-state index contributed by atoms with van der Waals surface area (Å²) in [7, 11) is 0. The second kappa shape index (κ2) is 8.01. The van der Waals surface area contributed by atoms with Gasteiger partial charge in [-0.2, -0.15) is 0 Å². The summed E-state index contributed by atoms with van der Waals surface area (Å²) in [6.45, 7) is 4.04. The van der Waals surface area contributed by atoms with Crippen molar-refractivity contribution in [1.82, 2.24) is 20.4 Å². The highest BCUT2D eigenvalue weighted by molar-refractivity contribution is 7.10. The molecule has 3 heterocycles. The van der Waals surface area contributed by atoms with Crippen LogP contribution in [0, 0.1) is 13.8 Å². The maximum Gasteiger partial charge on any atom is 0.268 e. The molecule has 2 aromatic carbocycles. The molecule has 32 heavy (non-hydrogen) atoms. The van der Waals surface area contributed by atoms with Gasteiger partial charge in [0.05, 0.1) is 28.4 Å². The van der Waals surface area contributed by atoms with E-state index in [1.54, 1.807) is 0 Å². The number of aryl methyl sites for hydroxylation is 2. The molecule has 0 bridgehead atoms. The molecule has 0 atom stereocenters. The van der Waals surface area contributed by atoms with E-state index >= 15 is 0 Å². The lowest BCUT2D eigenvalue weighted by Crippen LogP contribution is -2.19. The Morgan fingerprint density at radius 3 is 1.53 bits per heavy atom. The van der Waals surface area contributed by atoms with E-state index < -0.39 is 5.92 Å². The van der Waals surface area contributed by atoms with E-state index in [9.17, 15) is 9.59 Å². The Balaban J connectivity index is 1.77. The first kappa shape index (κ1) is 20.1. The van der Waals surface area contributed by atoms with Crippen LogP contribution in [-0.4, -0.2) is 20.4 Å². The van der Waals surface area contributed by atoms with Crippen LogP contribution in [0.25, 0.3) is 22.5 Å². The van der Waals surface area contributed by atoms with E-state index in [1.807, 2.05) is 79.9 Å². The number of H-pyrrole nitrogens is 4. The van der Waals surface area contributed by atoms with Crippen LogP contribution in [0.3, 0.4) is 0 Å². The van der Waals surface area contributed by atoms with Gasteiger partial charge in [-0.25, -0.2) is 0 Å². The molecule has 0 amide bonds. The lowest BCUT2D eigenvalue weighted by atomic mass is 9.87. The summed E-state index contributed by atoms with van der Waals surface area (Å²) in [6, 6.07) is 19.8. The molecule has 0 spiro atoms. The van der Waals surface area contributed by atoms with Crippen molar-refractivity contribution in [3.63, 3.8) is 0 Å². The minimum atomic E-state index is -0.535. The van der Waals surface area contributed by atoms with E-state index in [1.165, 1.54) is 11.3 Å². The lowest BCUT2D eigenvalue weighted by Gasteiger charge is -2.16. The maximum absolute atomic E-state index is 13.1. The van der Waals surface area contributed by atoms with Crippen molar-refractivity contribution in [3.05, 3.63) is 114 Å². The Morgan fingerprint density at radius 2 is 1.12 bits per heavy atom. The van der Waals surface area contributed by atoms with Gasteiger partial charge in [0.25, 0.3) is 11.1 Å². The molecule has 0 saturated heterocycles. The monoisotopic (exact) mass is 442 g/mol. The van der Waals surface area contributed by atoms with Crippen LogP contribution < -0.4 is 11.1 Å². The predicted molar refractivity (Wildman–Crippen MR) is 128 cm³/mol. The number of hydrogen-bond acceptors (Lipinski definition) is 3. The number of benzene rings is 2. The molecule has 6 nitrogen and oxygen atoms in total. The lowest BCUT2D eigenvalue weighted by molar-refractivity contribution is 0.977. The summed E-state index contributed by atoms with van der Waals surface area (Å²) < 4.78 is 0. The molecular formula is C25H22N4O2S. The van der Waals surface area contributed by atoms with Crippen LogP contribution in [0.5, 0.6) is 0 Å². The predicted octanol–water partition coefficient (Wildman–Crippen LogP) is 4.91. The van der Waals surface area contributed by atoms with Gasteiger partial charge in [-0.3, -0.25) is 30.0 Å². The second-order valence-electron chi connectivity index (χ2n) is 7.92. The van der Waals surface area contributed by atoms with Gasteiger partial charge in [-0.1, -0.05) is 65.7 Å². The van der Waals surface area contributed by atoms with Crippen LogP contribution >= 0.6 is 11.3 Å². The zero-order chi connectivity index (χ0) is 22.2. The third-order valence-electron chi connectivity index (χ3n) is 5.72. The third kappa shape index (κ3) is 3.46. The maximum atomic E-state index is 13.1. The summed E-state index contributed by atoms with van der Waals surface area (Å²) in [6.07, 6.45) is 0. The fraction of sp³-hybridized carbons (Fsp3) is 0.120. The average molecular weight is 443 g/mol. The normalized spacial score (nSPS) is 11.3. The van der Waals surface area contributed by atoms with Crippen LogP contribution in [-0.2, 0) is 0 Å². The van der Waals surface area contributed by atoms with Crippen molar-refractivity contribution in [3.8, 4) is 22.5 Å². The van der Waals surface area contributed by atoms with Gasteiger partial charge in [0.15, 0.2) is 0 Å². The summed E-state index contributed by atoms with van der Waals surface area (Å²) >= 11 is 1.52. The molecule has 5 aromatic rings. The first-order chi connectivity index (χ1) is 15.5. The highest BCUT2D eigenvalue weighted by Gasteiger charge is 2.31. The fourth-order valence-electron chi connectivity index (χ4n) is 4.07. The summed E-state index contributed by atoms with van der Waals surface area (Å²) in [5.41, 5.74) is 5.96. The van der Waals surface area contributed by atoms with Gasteiger partial charge in [0.1, 0.15) is 0 Å². The second-order valence-corrected chi connectivity index (χ2v) is 8.90. The van der Waals surface area contributed by atoms with Crippen LogP contribution in [0.15, 0.2) is 75.6 Å². The van der Waals surface area contributed by atoms with Crippen LogP contribution in [0.4, 0.5) is 0 Å². The van der Waals surface area contributed by atoms with E-state index in [4.69, 9.17) is 0 Å². The van der Waals surface area contributed by atoms with Crippen molar-refractivity contribution >= 4 is 11.3 Å². The number of rotatable bonds is 5. The molecule has 160 valence electrons. The number of hydrogen-bond donors (Lipinski definition) is 4. The van der Waals surface area contributed by atoms with Crippen molar-refractivity contribution in [2.24, 2.45) is 0 Å². The molecule has 7 heteroatoms. The molecule has 0 aliphatic heterocycles. The van der Waals surface area contributed by atoms with Gasteiger partial charge in [0, 0.05) is 4.88 Å². The van der Waals surface area contributed by atoms with Crippen LogP contribution in [0.2, 0.25) is 0 Å². The molecule has 4 N–H and O–H groups in total. The summed E-state index contributed by atoms with van der Waals surface area (Å²) in [4.78, 5) is 27.1. The van der Waals surface area contributed by atoms with E-state index in [-0.39, 0.29) is 11.1 Å². The molecule has 0 fully saturated rings. The van der Waals surface area contributed by atoms with E-state index in [0.29, 0.717) is 22.5 Å². The average Bonchev–Trinajstić information content (AvgIpc) is 3.53. The first-order valence-electron chi connectivity index (χ1n) is 10.3. The van der Waals surface area contributed by atoms with Crippen molar-refractivity contribution in [2.45, 2.75) is 19.8 Å². The molecular weight excluding hydrogens is 420 g/mol. The molecule has 0 radical (unpaired) electrons. The van der Waals surface area contributed by atoms with Crippen molar-refractivity contribution in [1.29, 1.82) is 0 Å². The molecule has 0 aliphatic carbocycles. The number of thiophene rings is 1. The summed E-state index contributed by atoms with van der Waals surface area (Å²) in [5.74, 6) is -0.535. The Morgan fingerprint density at radius 1 is 0.656 bits per heavy atom. The topological polar surface area (TPSA) is 97.3 Å². The minimum Gasteiger partial charge on any atom is -0.297 e. The molecule has 5 rings (SSSR count). The van der Waals surface area contributed by atoms with Gasteiger partial charge in [0.2, 0.25) is 0 Å². The SMILES string of the molecule is Cc1ccc(-c2[nH][nH]c(=O)c2C(c2cccs2)c2c(-c3ccc(C)cc3)[nH][nH]c2=O)cc1. The standard InChI is InChI=1S/C25H22N4O2S/c1-14-5-9-16(10-6-14)22-20(24(30)28-26-22)19(18-4-3-13-32-18)21-23(27-29-25(21)31)17-11-7-15(2)8-12-17/h3-13,19H,1-2H3,(H2,26,28,30)(H2,27,29,31). The van der Waals surface area contributed by atoms with Crippen molar-refractivity contribution in [2.75, 3.05) is 0 Å². The van der Waals surface area contributed by atoms with E-state index in [2.05, 4.69) is 20.4 Å². The van der Waals surface area contributed by atoms with Gasteiger partial charge in [-0.05, 0) is 36.4 Å². The Kier molecular flexibility index (Phi) is 5.03. The highest BCUT2D eigenvalue weighted by Crippen LogP contribution is 2.39. The molecule has 3 aromatic heterocycles. The number of nitrogens with one attached hydrogen (secondary N) is 4. The quantitative estimate of drug-likeness (QED) is 0.311. The van der Waals surface area contributed by atoms with Crippen molar-refractivity contribution < 1.29 is 0 Å². The van der Waals surface area contributed by atoms with Gasteiger partial charge < -0.3 is 0 Å². The Labute approximate surface area is 188 Å². The largest absolute Gasteiger partial charge is 0.297 e. The third-order valence-corrected chi connectivity index (χ3v) is 6.65. The molecule has 0 unspecified atom stereocenters. The number of aromatic amines is 4. The van der Waals surface area contributed by atoms with Crippen LogP contribution in [0.1, 0.15) is 33.0 Å². The summed E-state index contributed by atoms with van der Waals surface area (Å²) in [5, 5.41) is 13.5. The van der Waals surface area contributed by atoms with Gasteiger partial charge >= 0.3 is 0 Å². The Hall–Kier alpha value is -3.84. The zero-order valence-electron chi connectivity index (χ0n) is 17.7. The van der Waals surface area contributed by atoms with Gasteiger partial charge in [-0.15, -0.1) is 11.3 Å².